The van der Waals surface area contributed by atoms with Gasteiger partial charge < -0.3 is 5.73 Å². The number of nitrogens with zero attached hydrogens (tertiary/aromatic N) is 1. The summed E-state index contributed by atoms with van der Waals surface area (Å²) in [6.07, 6.45) is 4.65. The normalized spacial score (nSPS) is 31.4. The van der Waals surface area contributed by atoms with Crippen LogP contribution in [0.25, 0.3) is 0 Å². The van der Waals surface area contributed by atoms with Crippen molar-refractivity contribution in [2.75, 3.05) is 13.1 Å². The smallest absolute Gasteiger partial charge is 0.123 e. The van der Waals surface area contributed by atoms with Gasteiger partial charge in [0.1, 0.15) is 5.82 Å². The number of aryl methyl sites for hydroxylation is 1. The highest BCUT2D eigenvalue weighted by molar-refractivity contribution is 5.35. The first-order chi connectivity index (χ1) is 9.20. The monoisotopic (exact) mass is 262 g/mol. The fraction of sp³-hybridized carbons (Fsp3) is 0.625. The maximum absolute atomic E-state index is 13.3. The van der Waals surface area contributed by atoms with Gasteiger partial charge in [-0.2, -0.15) is 0 Å². The molecule has 19 heavy (non-hydrogen) atoms. The molecule has 0 aromatic heterocycles. The number of hydrogen-bond donors (Lipinski definition) is 1. The first kappa shape index (κ1) is 13.1. The van der Waals surface area contributed by atoms with E-state index < -0.39 is 0 Å². The molecule has 1 aromatic carbocycles. The molecule has 104 valence electrons. The zero-order chi connectivity index (χ0) is 13.4. The van der Waals surface area contributed by atoms with Crippen LogP contribution >= 0.6 is 0 Å². The molecule has 2 N–H and O–H groups in total. The molecule has 1 aliphatic heterocycles. The molecule has 3 unspecified atom stereocenters. The molecule has 1 saturated heterocycles. The van der Waals surface area contributed by atoms with E-state index in [2.05, 4.69) is 11.8 Å². The van der Waals surface area contributed by atoms with Crippen molar-refractivity contribution >= 4 is 0 Å². The Labute approximate surface area is 114 Å². The van der Waals surface area contributed by atoms with Crippen molar-refractivity contribution < 1.29 is 4.39 Å². The number of fused-ring (bicyclic) bond motifs is 1. The van der Waals surface area contributed by atoms with Crippen molar-refractivity contribution in [3.8, 4) is 0 Å². The van der Waals surface area contributed by atoms with E-state index >= 15 is 0 Å². The summed E-state index contributed by atoms with van der Waals surface area (Å²) in [5, 5.41) is 0. The summed E-state index contributed by atoms with van der Waals surface area (Å²) >= 11 is 0. The summed E-state index contributed by atoms with van der Waals surface area (Å²) in [6.45, 7) is 4.17. The van der Waals surface area contributed by atoms with Gasteiger partial charge in [0.15, 0.2) is 0 Å². The number of hydrogen-bond acceptors (Lipinski definition) is 2. The topological polar surface area (TPSA) is 29.3 Å². The molecule has 2 nitrogen and oxygen atoms in total. The van der Waals surface area contributed by atoms with Crippen LogP contribution < -0.4 is 5.73 Å². The van der Waals surface area contributed by atoms with Crippen LogP contribution in [0, 0.1) is 11.7 Å². The average molecular weight is 262 g/mol. The average Bonchev–Trinajstić information content (AvgIpc) is 2.81. The molecule has 1 aliphatic carbocycles. The van der Waals surface area contributed by atoms with Gasteiger partial charge >= 0.3 is 0 Å². The van der Waals surface area contributed by atoms with Gasteiger partial charge in [0.2, 0.25) is 0 Å². The van der Waals surface area contributed by atoms with Crippen molar-refractivity contribution in [2.24, 2.45) is 11.7 Å². The van der Waals surface area contributed by atoms with E-state index in [0.29, 0.717) is 18.0 Å². The predicted octanol–water partition coefficient (Wildman–Crippen LogP) is 2.87. The second kappa shape index (κ2) is 5.22. The Kier molecular flexibility index (Phi) is 3.59. The van der Waals surface area contributed by atoms with E-state index in [1.165, 1.54) is 24.0 Å². The molecule has 0 radical (unpaired) electrons. The molecule has 2 aliphatic rings. The minimum Gasteiger partial charge on any atom is -0.329 e. The van der Waals surface area contributed by atoms with Crippen LogP contribution in [0.5, 0.6) is 0 Å². The van der Waals surface area contributed by atoms with Gasteiger partial charge in [0.05, 0.1) is 0 Å². The van der Waals surface area contributed by atoms with Crippen molar-refractivity contribution in [1.29, 1.82) is 0 Å². The van der Waals surface area contributed by atoms with Crippen molar-refractivity contribution in [1.82, 2.24) is 4.90 Å². The van der Waals surface area contributed by atoms with Gasteiger partial charge in [-0.1, -0.05) is 13.0 Å². The van der Waals surface area contributed by atoms with Gasteiger partial charge in [0, 0.05) is 18.6 Å². The van der Waals surface area contributed by atoms with E-state index in [0.717, 1.165) is 25.9 Å². The molecule has 0 bridgehead atoms. The number of benzene rings is 1. The van der Waals surface area contributed by atoms with Crippen LogP contribution in [0.15, 0.2) is 18.2 Å². The Morgan fingerprint density at radius 1 is 1.37 bits per heavy atom. The summed E-state index contributed by atoms with van der Waals surface area (Å²) in [5.74, 6) is 0.560. The van der Waals surface area contributed by atoms with Crippen molar-refractivity contribution in [3.63, 3.8) is 0 Å². The summed E-state index contributed by atoms with van der Waals surface area (Å²) in [7, 11) is 0. The lowest BCUT2D eigenvalue weighted by atomic mass is 9.88. The highest BCUT2D eigenvalue weighted by Crippen LogP contribution is 2.40. The van der Waals surface area contributed by atoms with Crippen LogP contribution in [0.4, 0.5) is 4.39 Å². The van der Waals surface area contributed by atoms with Gasteiger partial charge in [0.25, 0.3) is 0 Å². The van der Waals surface area contributed by atoms with E-state index in [1.54, 1.807) is 12.1 Å². The molecule has 3 heteroatoms. The van der Waals surface area contributed by atoms with E-state index in [9.17, 15) is 4.39 Å². The molecule has 3 atom stereocenters. The Morgan fingerprint density at radius 3 is 3.00 bits per heavy atom. The van der Waals surface area contributed by atoms with Crippen molar-refractivity contribution in [2.45, 2.75) is 44.7 Å². The quantitative estimate of drug-likeness (QED) is 0.888. The minimum absolute atomic E-state index is 0.109. The Hall–Kier alpha value is -0.930. The number of rotatable bonds is 2. The summed E-state index contributed by atoms with van der Waals surface area (Å²) in [6, 6.07) is 6.22. The largest absolute Gasteiger partial charge is 0.329 e. The molecule has 1 heterocycles. The lowest BCUT2D eigenvalue weighted by Gasteiger charge is -2.43. The molecule has 3 rings (SSSR count). The highest BCUT2D eigenvalue weighted by atomic mass is 19.1. The van der Waals surface area contributed by atoms with Gasteiger partial charge in [-0.3, -0.25) is 4.90 Å². The van der Waals surface area contributed by atoms with E-state index in [-0.39, 0.29) is 5.82 Å². The fourth-order valence-corrected chi connectivity index (χ4v) is 3.94. The summed E-state index contributed by atoms with van der Waals surface area (Å²) in [4.78, 5) is 2.58. The summed E-state index contributed by atoms with van der Waals surface area (Å²) < 4.78 is 13.3. The molecular weight excluding hydrogens is 239 g/mol. The summed E-state index contributed by atoms with van der Waals surface area (Å²) in [5.41, 5.74) is 8.52. The number of halogens is 1. The van der Waals surface area contributed by atoms with Gasteiger partial charge in [-0.05, 0) is 61.4 Å². The van der Waals surface area contributed by atoms with Crippen LogP contribution in [0.3, 0.4) is 0 Å². The fourth-order valence-electron chi connectivity index (χ4n) is 3.94. The molecule has 0 amide bonds. The predicted molar refractivity (Wildman–Crippen MR) is 75.4 cm³/mol. The van der Waals surface area contributed by atoms with Crippen LogP contribution in [-0.4, -0.2) is 24.0 Å². The maximum atomic E-state index is 13.3. The molecule has 1 fully saturated rings. The Balaban J connectivity index is 1.88. The minimum atomic E-state index is -0.109. The third-order valence-electron chi connectivity index (χ3n) is 4.95. The molecule has 1 aromatic rings. The van der Waals surface area contributed by atoms with E-state index in [1.807, 2.05) is 6.07 Å². The Bertz CT molecular complexity index is 460. The van der Waals surface area contributed by atoms with Crippen LogP contribution in [-0.2, 0) is 6.42 Å². The third-order valence-corrected chi connectivity index (χ3v) is 4.95. The van der Waals surface area contributed by atoms with Crippen molar-refractivity contribution in [3.05, 3.63) is 35.1 Å². The number of piperidine rings is 1. The highest BCUT2D eigenvalue weighted by Gasteiger charge is 2.36. The second-order valence-corrected chi connectivity index (χ2v) is 6.06. The lowest BCUT2D eigenvalue weighted by molar-refractivity contribution is 0.0620. The Morgan fingerprint density at radius 2 is 2.21 bits per heavy atom. The first-order valence-corrected chi connectivity index (χ1v) is 7.45. The van der Waals surface area contributed by atoms with Gasteiger partial charge in [-0.25, -0.2) is 4.39 Å². The molecular formula is C16H23FN2. The third kappa shape index (κ3) is 2.30. The van der Waals surface area contributed by atoms with Crippen LogP contribution in [0.1, 0.15) is 43.4 Å². The number of nitrogens with two attached hydrogens (primary N) is 1. The zero-order valence-electron chi connectivity index (χ0n) is 11.6. The SMILES string of the molecule is CC1CCCN(C2CCc3cc(F)ccc32)C1CN. The molecule has 0 spiro atoms. The van der Waals surface area contributed by atoms with Gasteiger partial charge in [-0.15, -0.1) is 0 Å². The standard InChI is InChI=1S/C16H23FN2/c1-11-3-2-8-19(16(11)10-18)15-7-4-12-9-13(17)5-6-14(12)15/h5-6,9,11,15-16H,2-4,7-8,10,18H2,1H3. The van der Waals surface area contributed by atoms with E-state index in [4.69, 9.17) is 5.73 Å². The molecule has 0 saturated carbocycles. The first-order valence-electron chi connectivity index (χ1n) is 7.45. The maximum Gasteiger partial charge on any atom is 0.123 e. The van der Waals surface area contributed by atoms with Crippen LogP contribution in [0.2, 0.25) is 0 Å². The zero-order valence-corrected chi connectivity index (χ0v) is 11.6. The lowest BCUT2D eigenvalue weighted by Crippen LogP contribution is -2.49. The second-order valence-electron chi connectivity index (χ2n) is 6.06. The number of likely N-dealkylation sites (tertiary alicyclic amines) is 1.